The summed E-state index contributed by atoms with van der Waals surface area (Å²) in [6, 6.07) is 10.2. The standard InChI is InChI=1S/C24H29FN4O2S/c1-16-14-27(9-10-28(16)23(31)26-24(2,3)4)21(30)20-13-18-8-11-32-22(18)29(20)15-17-6-5-7-19(25)12-17/h5-8,11-13,16H,9-10,14-15H2,1-4H3,(H,26,31)/t16-/m0/s1. The smallest absolute Gasteiger partial charge is 0.318 e. The summed E-state index contributed by atoms with van der Waals surface area (Å²) >= 11 is 1.57. The first-order valence-electron chi connectivity index (χ1n) is 10.8. The summed E-state index contributed by atoms with van der Waals surface area (Å²) in [7, 11) is 0. The second kappa shape index (κ2) is 8.58. The maximum absolute atomic E-state index is 13.7. The van der Waals surface area contributed by atoms with E-state index >= 15 is 0 Å². The van der Waals surface area contributed by atoms with E-state index in [1.807, 2.05) is 60.7 Å². The van der Waals surface area contributed by atoms with Gasteiger partial charge in [-0.2, -0.15) is 0 Å². The van der Waals surface area contributed by atoms with Gasteiger partial charge in [-0.25, -0.2) is 9.18 Å². The predicted molar refractivity (Wildman–Crippen MR) is 126 cm³/mol. The first-order chi connectivity index (χ1) is 15.1. The molecule has 1 aliphatic heterocycles. The molecule has 8 heteroatoms. The Morgan fingerprint density at radius 1 is 1.19 bits per heavy atom. The predicted octanol–water partition coefficient (Wildman–Crippen LogP) is 4.54. The molecule has 0 aliphatic carbocycles. The van der Waals surface area contributed by atoms with E-state index in [1.54, 1.807) is 22.3 Å². The number of carbonyl (C=O) groups is 2. The Balaban J connectivity index is 1.54. The van der Waals surface area contributed by atoms with Crippen LogP contribution < -0.4 is 5.32 Å². The molecule has 0 spiro atoms. The van der Waals surface area contributed by atoms with E-state index in [9.17, 15) is 14.0 Å². The maximum Gasteiger partial charge on any atom is 0.318 e. The summed E-state index contributed by atoms with van der Waals surface area (Å²) in [5.74, 6) is -0.351. The van der Waals surface area contributed by atoms with Crippen LogP contribution in [0.25, 0.3) is 10.2 Å². The van der Waals surface area contributed by atoms with Gasteiger partial charge in [0.1, 0.15) is 16.3 Å². The number of rotatable bonds is 3. The van der Waals surface area contributed by atoms with Crippen LogP contribution in [0.5, 0.6) is 0 Å². The van der Waals surface area contributed by atoms with Crippen molar-refractivity contribution in [3.8, 4) is 0 Å². The highest BCUT2D eigenvalue weighted by molar-refractivity contribution is 7.16. The van der Waals surface area contributed by atoms with Gasteiger partial charge in [0, 0.05) is 43.1 Å². The molecule has 1 saturated heterocycles. The van der Waals surface area contributed by atoms with Crippen LogP contribution in [-0.2, 0) is 6.54 Å². The Hall–Kier alpha value is -2.87. The Kier molecular flexibility index (Phi) is 5.99. The number of aromatic nitrogens is 1. The molecule has 3 heterocycles. The maximum atomic E-state index is 13.7. The first-order valence-corrected chi connectivity index (χ1v) is 11.7. The van der Waals surface area contributed by atoms with E-state index in [1.165, 1.54) is 12.1 Å². The van der Waals surface area contributed by atoms with Crippen molar-refractivity contribution in [2.75, 3.05) is 19.6 Å². The van der Waals surface area contributed by atoms with Crippen molar-refractivity contribution in [2.45, 2.75) is 45.8 Å². The van der Waals surface area contributed by atoms with Crippen molar-refractivity contribution < 1.29 is 14.0 Å². The van der Waals surface area contributed by atoms with Crippen molar-refractivity contribution in [3.63, 3.8) is 0 Å². The van der Waals surface area contributed by atoms with Gasteiger partial charge < -0.3 is 19.7 Å². The third kappa shape index (κ3) is 4.65. The third-order valence-corrected chi connectivity index (χ3v) is 6.56. The number of benzene rings is 1. The fourth-order valence-electron chi connectivity index (χ4n) is 4.13. The zero-order valence-electron chi connectivity index (χ0n) is 18.9. The van der Waals surface area contributed by atoms with Gasteiger partial charge in [0.25, 0.3) is 5.91 Å². The van der Waals surface area contributed by atoms with Crippen LogP contribution in [0, 0.1) is 5.82 Å². The van der Waals surface area contributed by atoms with Crippen LogP contribution in [0.1, 0.15) is 43.7 Å². The highest BCUT2D eigenvalue weighted by Crippen LogP contribution is 2.28. The monoisotopic (exact) mass is 456 g/mol. The number of fused-ring (bicyclic) bond motifs is 1. The number of piperazine rings is 1. The molecular formula is C24H29FN4O2S. The fourth-order valence-corrected chi connectivity index (χ4v) is 5.02. The van der Waals surface area contributed by atoms with Gasteiger partial charge in [0.15, 0.2) is 0 Å². The van der Waals surface area contributed by atoms with Gasteiger partial charge in [-0.05, 0) is 62.9 Å². The number of thiophene rings is 1. The van der Waals surface area contributed by atoms with Gasteiger partial charge >= 0.3 is 6.03 Å². The minimum atomic E-state index is -0.312. The largest absolute Gasteiger partial charge is 0.334 e. The van der Waals surface area contributed by atoms with E-state index in [4.69, 9.17) is 0 Å². The molecule has 0 unspecified atom stereocenters. The molecule has 1 N–H and O–H groups in total. The van der Waals surface area contributed by atoms with Crippen LogP contribution in [0.4, 0.5) is 9.18 Å². The topological polar surface area (TPSA) is 57.6 Å². The normalized spacial score (nSPS) is 17.1. The summed E-state index contributed by atoms with van der Waals surface area (Å²) in [6.07, 6.45) is 0. The quantitative estimate of drug-likeness (QED) is 0.629. The number of nitrogens with one attached hydrogen (secondary N) is 1. The molecule has 0 bridgehead atoms. The molecule has 1 atom stereocenters. The lowest BCUT2D eigenvalue weighted by atomic mass is 10.1. The highest BCUT2D eigenvalue weighted by Gasteiger charge is 2.32. The zero-order valence-corrected chi connectivity index (χ0v) is 19.7. The molecule has 2 aromatic heterocycles. The van der Waals surface area contributed by atoms with E-state index in [0.717, 1.165) is 15.8 Å². The van der Waals surface area contributed by atoms with Crippen LogP contribution in [0.3, 0.4) is 0 Å². The van der Waals surface area contributed by atoms with E-state index in [0.29, 0.717) is 31.9 Å². The molecule has 3 amide bonds. The number of urea groups is 1. The summed E-state index contributed by atoms with van der Waals surface area (Å²) in [5.41, 5.74) is 1.09. The molecule has 3 aromatic rings. The van der Waals surface area contributed by atoms with Gasteiger partial charge in [0.05, 0.1) is 0 Å². The number of hydrogen-bond acceptors (Lipinski definition) is 3. The van der Waals surface area contributed by atoms with Crippen LogP contribution in [0.2, 0.25) is 0 Å². The molecular weight excluding hydrogens is 427 g/mol. The fraction of sp³-hybridized carbons (Fsp3) is 0.417. The highest BCUT2D eigenvalue weighted by atomic mass is 32.1. The summed E-state index contributed by atoms with van der Waals surface area (Å²) in [6.45, 7) is 9.66. The van der Waals surface area contributed by atoms with E-state index in [2.05, 4.69) is 5.32 Å². The van der Waals surface area contributed by atoms with Crippen LogP contribution in [-0.4, -0.2) is 57.5 Å². The minimum absolute atomic E-state index is 0.0625. The molecule has 0 radical (unpaired) electrons. The van der Waals surface area contributed by atoms with Gasteiger partial charge in [-0.15, -0.1) is 11.3 Å². The number of hydrogen-bond donors (Lipinski definition) is 1. The van der Waals surface area contributed by atoms with Crippen molar-refractivity contribution in [1.29, 1.82) is 0 Å². The van der Waals surface area contributed by atoms with Crippen molar-refractivity contribution >= 4 is 33.5 Å². The number of nitrogens with zero attached hydrogens (tertiary/aromatic N) is 3. The van der Waals surface area contributed by atoms with E-state index < -0.39 is 0 Å². The lowest BCUT2D eigenvalue weighted by Crippen LogP contribution is -2.59. The SMILES string of the molecule is C[C@H]1CN(C(=O)c2cc3ccsc3n2Cc2cccc(F)c2)CCN1C(=O)NC(C)(C)C. The van der Waals surface area contributed by atoms with Gasteiger partial charge in [-0.1, -0.05) is 12.1 Å². The molecule has 1 aromatic carbocycles. The summed E-state index contributed by atoms with van der Waals surface area (Å²) < 4.78 is 15.7. The summed E-state index contributed by atoms with van der Waals surface area (Å²) in [5, 5.41) is 6.00. The first kappa shape index (κ1) is 22.3. The molecule has 4 rings (SSSR count). The van der Waals surface area contributed by atoms with Crippen molar-refractivity contribution in [1.82, 2.24) is 19.7 Å². The molecule has 6 nitrogen and oxygen atoms in total. The minimum Gasteiger partial charge on any atom is -0.334 e. The molecule has 32 heavy (non-hydrogen) atoms. The second-order valence-corrected chi connectivity index (χ2v) is 10.3. The Labute approximate surface area is 191 Å². The average molecular weight is 457 g/mol. The number of carbonyl (C=O) groups excluding carboxylic acids is 2. The van der Waals surface area contributed by atoms with Crippen molar-refractivity contribution in [3.05, 3.63) is 58.9 Å². The van der Waals surface area contributed by atoms with Crippen LogP contribution >= 0.6 is 11.3 Å². The Bertz CT molecular complexity index is 1150. The zero-order chi connectivity index (χ0) is 23.0. The lowest BCUT2D eigenvalue weighted by Gasteiger charge is -2.41. The number of amides is 3. The Morgan fingerprint density at radius 2 is 1.97 bits per heavy atom. The van der Waals surface area contributed by atoms with Gasteiger partial charge in [-0.3, -0.25) is 4.79 Å². The van der Waals surface area contributed by atoms with Crippen LogP contribution in [0.15, 0.2) is 41.8 Å². The van der Waals surface area contributed by atoms with Crippen molar-refractivity contribution in [2.24, 2.45) is 0 Å². The van der Waals surface area contributed by atoms with Gasteiger partial charge in [0.2, 0.25) is 0 Å². The third-order valence-electron chi connectivity index (χ3n) is 5.61. The average Bonchev–Trinajstić information content (AvgIpc) is 3.28. The summed E-state index contributed by atoms with van der Waals surface area (Å²) in [4.78, 5) is 30.7. The number of halogens is 1. The Morgan fingerprint density at radius 3 is 2.66 bits per heavy atom. The molecule has 1 fully saturated rings. The molecule has 170 valence electrons. The molecule has 1 aliphatic rings. The molecule has 0 saturated carbocycles. The lowest BCUT2D eigenvalue weighted by molar-refractivity contribution is 0.0564. The van der Waals surface area contributed by atoms with E-state index in [-0.39, 0.29) is 29.3 Å². The second-order valence-electron chi connectivity index (χ2n) is 9.40.